The fourth-order valence-electron chi connectivity index (χ4n) is 1.72. The molecule has 0 N–H and O–H groups in total. The molecule has 1 aromatic rings. The van der Waals surface area contributed by atoms with Crippen LogP contribution in [0.5, 0.6) is 0 Å². The van der Waals surface area contributed by atoms with Crippen molar-refractivity contribution in [2.45, 2.75) is 25.7 Å². The first-order valence-electron chi connectivity index (χ1n) is 5.12. The number of pyridine rings is 1. The highest BCUT2D eigenvalue weighted by Gasteiger charge is 2.15. The minimum atomic E-state index is 0.0854. The number of hydrogen-bond acceptors (Lipinski definition) is 2. The molecular weight excluding hydrogens is 254 g/mol. The summed E-state index contributed by atoms with van der Waals surface area (Å²) in [6.07, 6.45) is 7.96. The van der Waals surface area contributed by atoms with Gasteiger partial charge in [0.05, 0.1) is 0 Å². The molecule has 0 spiro atoms. The van der Waals surface area contributed by atoms with E-state index in [9.17, 15) is 4.79 Å². The second kappa shape index (κ2) is 4.71. The molecule has 1 aliphatic carbocycles. The highest BCUT2D eigenvalue weighted by molar-refractivity contribution is 9.10. The normalized spacial score (nSPS) is 15.9. The number of carbonyl (C=O) groups is 1. The highest BCUT2D eigenvalue weighted by Crippen LogP contribution is 2.20. The van der Waals surface area contributed by atoms with Gasteiger partial charge in [0.1, 0.15) is 5.69 Å². The number of ketones is 1. The Morgan fingerprint density at radius 1 is 1.33 bits per heavy atom. The number of rotatable bonds is 2. The van der Waals surface area contributed by atoms with Crippen LogP contribution in [0, 0.1) is 0 Å². The van der Waals surface area contributed by atoms with Gasteiger partial charge in [0, 0.05) is 10.7 Å². The molecule has 0 saturated heterocycles. The van der Waals surface area contributed by atoms with Crippen LogP contribution in [0.15, 0.2) is 34.5 Å². The molecule has 2 nitrogen and oxygen atoms in total. The summed E-state index contributed by atoms with van der Waals surface area (Å²) in [6.45, 7) is 0. The Labute approximate surface area is 97.5 Å². The number of allylic oxidation sites excluding steroid dienone is 2. The van der Waals surface area contributed by atoms with Gasteiger partial charge in [0.2, 0.25) is 5.78 Å². The lowest BCUT2D eigenvalue weighted by molar-refractivity contribution is 0.102. The SMILES string of the molecule is O=C(C1=CCCCC1)c1ccc(Br)cn1. The molecule has 0 bridgehead atoms. The molecular formula is C12H12BrNO. The van der Waals surface area contributed by atoms with Crippen LogP contribution in [0.3, 0.4) is 0 Å². The lowest BCUT2D eigenvalue weighted by Crippen LogP contribution is -2.08. The van der Waals surface area contributed by atoms with Crippen molar-refractivity contribution in [3.8, 4) is 0 Å². The van der Waals surface area contributed by atoms with Crippen LogP contribution in [0.25, 0.3) is 0 Å². The summed E-state index contributed by atoms with van der Waals surface area (Å²) in [5.41, 5.74) is 1.47. The van der Waals surface area contributed by atoms with Gasteiger partial charge < -0.3 is 0 Å². The Hall–Kier alpha value is -0.960. The predicted octanol–water partition coefficient (Wildman–Crippen LogP) is 3.53. The highest BCUT2D eigenvalue weighted by atomic mass is 79.9. The standard InChI is InChI=1S/C12H12BrNO/c13-10-6-7-11(14-8-10)12(15)9-4-2-1-3-5-9/h4,6-8H,1-3,5H2. The average molecular weight is 266 g/mol. The lowest BCUT2D eigenvalue weighted by Gasteiger charge is -2.10. The van der Waals surface area contributed by atoms with Gasteiger partial charge in [-0.25, -0.2) is 0 Å². The van der Waals surface area contributed by atoms with Gasteiger partial charge in [-0.3, -0.25) is 9.78 Å². The first kappa shape index (κ1) is 10.6. The quantitative estimate of drug-likeness (QED) is 0.766. The number of nitrogens with zero attached hydrogens (tertiary/aromatic N) is 1. The smallest absolute Gasteiger partial charge is 0.206 e. The van der Waals surface area contributed by atoms with Crippen LogP contribution in [-0.2, 0) is 0 Å². The summed E-state index contributed by atoms with van der Waals surface area (Å²) in [4.78, 5) is 16.1. The maximum Gasteiger partial charge on any atom is 0.206 e. The molecule has 1 aromatic heterocycles. The molecule has 1 heterocycles. The van der Waals surface area contributed by atoms with Gasteiger partial charge >= 0.3 is 0 Å². The predicted molar refractivity (Wildman–Crippen MR) is 62.8 cm³/mol. The third-order valence-corrected chi connectivity index (χ3v) is 3.01. The van der Waals surface area contributed by atoms with Gasteiger partial charge in [-0.1, -0.05) is 6.08 Å². The lowest BCUT2D eigenvalue weighted by atomic mass is 9.95. The van der Waals surface area contributed by atoms with Crippen molar-refractivity contribution >= 4 is 21.7 Å². The number of halogens is 1. The largest absolute Gasteiger partial charge is 0.287 e. The van der Waals surface area contributed by atoms with Gasteiger partial charge in [0.15, 0.2) is 0 Å². The Bertz CT molecular complexity index is 395. The van der Waals surface area contributed by atoms with Crippen molar-refractivity contribution in [1.82, 2.24) is 4.98 Å². The fraction of sp³-hybridized carbons (Fsp3) is 0.333. The van der Waals surface area contributed by atoms with Gasteiger partial charge in [-0.05, 0) is 59.3 Å². The van der Waals surface area contributed by atoms with Crippen LogP contribution >= 0.6 is 15.9 Å². The van der Waals surface area contributed by atoms with Crippen LogP contribution in [-0.4, -0.2) is 10.8 Å². The summed E-state index contributed by atoms with van der Waals surface area (Å²) in [6, 6.07) is 3.62. The molecule has 0 unspecified atom stereocenters. The summed E-state index contributed by atoms with van der Waals surface area (Å²) in [5.74, 6) is 0.0854. The fourth-order valence-corrected chi connectivity index (χ4v) is 1.95. The van der Waals surface area contributed by atoms with E-state index in [0.29, 0.717) is 5.69 Å². The van der Waals surface area contributed by atoms with E-state index in [1.54, 1.807) is 12.3 Å². The summed E-state index contributed by atoms with van der Waals surface area (Å²) < 4.78 is 0.900. The van der Waals surface area contributed by atoms with Gasteiger partial charge in [0.25, 0.3) is 0 Å². The molecule has 78 valence electrons. The van der Waals surface area contributed by atoms with E-state index in [2.05, 4.69) is 27.0 Å². The molecule has 0 atom stereocenters. The number of Topliss-reactive ketones (excluding diaryl/α,β-unsaturated/α-hetero) is 1. The van der Waals surface area contributed by atoms with Crippen molar-refractivity contribution in [2.24, 2.45) is 0 Å². The van der Waals surface area contributed by atoms with Crippen LogP contribution in [0.4, 0.5) is 0 Å². The number of aromatic nitrogens is 1. The van der Waals surface area contributed by atoms with Crippen LogP contribution < -0.4 is 0 Å². The maximum absolute atomic E-state index is 12.0. The monoisotopic (exact) mass is 265 g/mol. The molecule has 1 aliphatic rings. The van der Waals surface area contributed by atoms with E-state index in [-0.39, 0.29) is 5.78 Å². The van der Waals surface area contributed by atoms with Crippen LogP contribution in [0.2, 0.25) is 0 Å². The minimum Gasteiger partial charge on any atom is -0.287 e. The summed E-state index contributed by atoms with van der Waals surface area (Å²) in [5, 5.41) is 0. The zero-order chi connectivity index (χ0) is 10.7. The topological polar surface area (TPSA) is 30.0 Å². The number of hydrogen-bond donors (Lipinski definition) is 0. The Morgan fingerprint density at radius 3 is 2.80 bits per heavy atom. The first-order chi connectivity index (χ1) is 7.27. The molecule has 0 aliphatic heterocycles. The van der Waals surface area contributed by atoms with E-state index >= 15 is 0 Å². The summed E-state index contributed by atoms with van der Waals surface area (Å²) >= 11 is 3.30. The van der Waals surface area contributed by atoms with Crippen molar-refractivity contribution in [1.29, 1.82) is 0 Å². The van der Waals surface area contributed by atoms with E-state index < -0.39 is 0 Å². The van der Waals surface area contributed by atoms with Crippen molar-refractivity contribution in [3.05, 3.63) is 40.1 Å². The summed E-state index contributed by atoms with van der Waals surface area (Å²) in [7, 11) is 0. The second-order valence-corrected chi connectivity index (χ2v) is 4.58. The Balaban J connectivity index is 2.20. The van der Waals surface area contributed by atoms with E-state index in [1.165, 1.54) is 6.42 Å². The number of carbonyl (C=O) groups excluding carboxylic acids is 1. The van der Waals surface area contributed by atoms with Crippen LogP contribution in [0.1, 0.15) is 36.2 Å². The first-order valence-corrected chi connectivity index (χ1v) is 5.92. The van der Waals surface area contributed by atoms with Crippen molar-refractivity contribution in [2.75, 3.05) is 0 Å². The third kappa shape index (κ3) is 2.53. The molecule has 0 fully saturated rings. The minimum absolute atomic E-state index is 0.0854. The van der Waals surface area contributed by atoms with E-state index in [4.69, 9.17) is 0 Å². The zero-order valence-electron chi connectivity index (χ0n) is 8.37. The van der Waals surface area contributed by atoms with E-state index in [0.717, 1.165) is 29.3 Å². The Morgan fingerprint density at radius 2 is 2.20 bits per heavy atom. The second-order valence-electron chi connectivity index (χ2n) is 3.67. The zero-order valence-corrected chi connectivity index (χ0v) is 9.96. The molecule has 0 saturated carbocycles. The molecule has 0 amide bonds. The molecule has 0 aromatic carbocycles. The third-order valence-electron chi connectivity index (χ3n) is 2.54. The maximum atomic E-state index is 12.0. The molecule has 0 radical (unpaired) electrons. The van der Waals surface area contributed by atoms with Gasteiger partial charge in [-0.15, -0.1) is 0 Å². The Kier molecular flexibility index (Phi) is 3.31. The van der Waals surface area contributed by atoms with Crippen molar-refractivity contribution in [3.63, 3.8) is 0 Å². The van der Waals surface area contributed by atoms with E-state index in [1.807, 2.05) is 6.07 Å². The van der Waals surface area contributed by atoms with Gasteiger partial charge in [-0.2, -0.15) is 0 Å². The molecule has 2 rings (SSSR count). The average Bonchev–Trinajstić information content (AvgIpc) is 2.30. The van der Waals surface area contributed by atoms with Crippen molar-refractivity contribution < 1.29 is 4.79 Å². The molecule has 3 heteroatoms. The molecule has 15 heavy (non-hydrogen) atoms.